The van der Waals surface area contributed by atoms with E-state index in [0.29, 0.717) is 18.1 Å². The maximum Gasteiger partial charge on any atom is 0.341 e. The van der Waals surface area contributed by atoms with Crippen LogP contribution >= 0.6 is 0 Å². The van der Waals surface area contributed by atoms with E-state index in [-0.39, 0.29) is 6.61 Å². The van der Waals surface area contributed by atoms with Gasteiger partial charge in [-0.1, -0.05) is 42.5 Å². The van der Waals surface area contributed by atoms with Crippen LogP contribution in [0.25, 0.3) is 22.3 Å². The number of aryl methyl sites for hydroxylation is 1. The van der Waals surface area contributed by atoms with E-state index < -0.39 is 5.97 Å². The fourth-order valence-corrected chi connectivity index (χ4v) is 4.41. The first-order chi connectivity index (χ1) is 20.0. The summed E-state index contributed by atoms with van der Waals surface area (Å²) in [4.78, 5) is 10.8. The van der Waals surface area contributed by atoms with Crippen LogP contribution in [0.3, 0.4) is 0 Å². The Balaban J connectivity index is 1.40. The molecular weight excluding hydrogens is 516 g/mol. The predicted molar refractivity (Wildman–Crippen MR) is 159 cm³/mol. The summed E-state index contributed by atoms with van der Waals surface area (Å²) in [7, 11) is 1.66. The third-order valence-electron chi connectivity index (χ3n) is 6.49. The molecule has 0 saturated carbocycles. The molecule has 0 aliphatic heterocycles. The number of methoxy groups -OCH3 is 1. The fraction of sp³-hybridized carbons (Fsp3) is 0.114. The Kier molecular flexibility index (Phi) is 8.50. The van der Waals surface area contributed by atoms with Crippen LogP contribution in [0.1, 0.15) is 11.1 Å². The third kappa shape index (κ3) is 7.25. The molecule has 206 valence electrons. The average molecular weight is 547 g/mol. The number of hydrogen-bond donors (Lipinski definition) is 1. The maximum atomic E-state index is 10.8. The molecule has 0 fully saturated rings. The summed E-state index contributed by atoms with van der Waals surface area (Å²) < 4.78 is 22.8. The van der Waals surface area contributed by atoms with E-state index in [1.165, 1.54) is 0 Å². The quantitative estimate of drug-likeness (QED) is 0.180. The Bertz CT molecular complexity index is 1610. The van der Waals surface area contributed by atoms with Gasteiger partial charge in [-0.05, 0) is 113 Å². The molecule has 0 bridgehead atoms. The highest BCUT2D eigenvalue weighted by Gasteiger charge is 2.09. The fourth-order valence-electron chi connectivity index (χ4n) is 4.41. The van der Waals surface area contributed by atoms with Gasteiger partial charge in [0.1, 0.15) is 35.4 Å². The Morgan fingerprint density at radius 3 is 1.80 bits per heavy atom. The van der Waals surface area contributed by atoms with Crippen molar-refractivity contribution >= 4 is 5.97 Å². The van der Waals surface area contributed by atoms with E-state index in [0.717, 1.165) is 50.6 Å². The van der Waals surface area contributed by atoms with Gasteiger partial charge in [-0.2, -0.15) is 0 Å². The Morgan fingerprint density at radius 2 is 1.22 bits per heavy atom. The first-order valence-corrected chi connectivity index (χ1v) is 13.2. The second kappa shape index (κ2) is 12.7. The second-order valence-electron chi connectivity index (χ2n) is 9.48. The van der Waals surface area contributed by atoms with Gasteiger partial charge in [-0.15, -0.1) is 0 Å². The number of hydrogen-bond acceptors (Lipinski definition) is 5. The van der Waals surface area contributed by atoms with E-state index >= 15 is 0 Å². The zero-order chi connectivity index (χ0) is 28.6. The van der Waals surface area contributed by atoms with Crippen LogP contribution in [-0.4, -0.2) is 24.8 Å². The second-order valence-corrected chi connectivity index (χ2v) is 9.48. The molecule has 0 radical (unpaired) electrons. The molecule has 0 amide bonds. The van der Waals surface area contributed by atoms with Crippen molar-refractivity contribution in [1.29, 1.82) is 0 Å². The van der Waals surface area contributed by atoms with Crippen molar-refractivity contribution in [3.63, 3.8) is 0 Å². The minimum atomic E-state index is -1.02. The lowest BCUT2D eigenvalue weighted by atomic mass is 9.96. The molecule has 41 heavy (non-hydrogen) atoms. The number of rotatable bonds is 11. The zero-order valence-electron chi connectivity index (χ0n) is 22.9. The summed E-state index contributed by atoms with van der Waals surface area (Å²) in [5, 5.41) is 8.88. The summed E-state index contributed by atoms with van der Waals surface area (Å²) >= 11 is 0. The van der Waals surface area contributed by atoms with E-state index in [1.807, 2.05) is 79.7 Å². The summed E-state index contributed by atoms with van der Waals surface area (Å²) in [5.41, 5.74) is 6.03. The number of para-hydroxylation sites is 1. The molecule has 1 N–H and O–H groups in total. The summed E-state index contributed by atoms with van der Waals surface area (Å²) in [5.74, 6) is 2.52. The Hall–Kier alpha value is -5.23. The van der Waals surface area contributed by atoms with Crippen LogP contribution in [0.4, 0.5) is 0 Å². The number of carbonyl (C=O) groups is 1. The summed E-state index contributed by atoms with van der Waals surface area (Å²) in [6.07, 6.45) is 0. The van der Waals surface area contributed by atoms with E-state index in [2.05, 4.69) is 30.3 Å². The highest BCUT2D eigenvalue weighted by molar-refractivity contribution is 5.75. The van der Waals surface area contributed by atoms with Crippen LogP contribution in [0, 0.1) is 6.92 Å². The molecular formula is C35H30O6. The van der Waals surface area contributed by atoms with Crippen LogP contribution in [0.5, 0.6) is 28.7 Å². The van der Waals surface area contributed by atoms with Crippen molar-refractivity contribution in [1.82, 2.24) is 0 Å². The van der Waals surface area contributed by atoms with Gasteiger partial charge in [0.15, 0.2) is 6.61 Å². The molecule has 0 spiro atoms. The van der Waals surface area contributed by atoms with Crippen molar-refractivity contribution in [2.45, 2.75) is 13.5 Å². The van der Waals surface area contributed by atoms with Gasteiger partial charge < -0.3 is 24.1 Å². The number of aliphatic carboxylic acids is 1. The van der Waals surface area contributed by atoms with Gasteiger partial charge in [0.2, 0.25) is 0 Å². The topological polar surface area (TPSA) is 74.2 Å². The molecule has 0 aliphatic carbocycles. The van der Waals surface area contributed by atoms with E-state index in [9.17, 15) is 4.79 Å². The first kappa shape index (κ1) is 27.3. The largest absolute Gasteiger partial charge is 0.497 e. The monoisotopic (exact) mass is 546 g/mol. The van der Waals surface area contributed by atoms with Crippen molar-refractivity contribution in [2.24, 2.45) is 0 Å². The van der Waals surface area contributed by atoms with Crippen LogP contribution in [0.15, 0.2) is 115 Å². The number of benzene rings is 5. The highest BCUT2D eigenvalue weighted by atomic mass is 16.5. The van der Waals surface area contributed by atoms with E-state index in [1.54, 1.807) is 19.2 Å². The van der Waals surface area contributed by atoms with Crippen LogP contribution < -0.4 is 18.9 Å². The maximum absolute atomic E-state index is 10.8. The van der Waals surface area contributed by atoms with Gasteiger partial charge >= 0.3 is 5.97 Å². The molecule has 0 aliphatic rings. The molecule has 5 rings (SSSR count). The van der Waals surface area contributed by atoms with E-state index in [4.69, 9.17) is 24.1 Å². The molecule has 0 atom stereocenters. The van der Waals surface area contributed by atoms with Gasteiger partial charge in [0.25, 0.3) is 0 Å². The predicted octanol–water partition coefficient (Wildman–Crippen LogP) is 8.17. The highest BCUT2D eigenvalue weighted by Crippen LogP contribution is 2.32. The third-order valence-corrected chi connectivity index (χ3v) is 6.49. The number of carboxylic acid groups (broad SMARTS) is 1. The molecule has 5 aromatic rings. The summed E-state index contributed by atoms with van der Waals surface area (Å²) in [6, 6.07) is 37.5. The van der Waals surface area contributed by atoms with Crippen molar-refractivity contribution in [3.8, 4) is 51.0 Å². The number of carboxylic acids is 1. The lowest BCUT2D eigenvalue weighted by Gasteiger charge is -2.14. The van der Waals surface area contributed by atoms with Crippen molar-refractivity contribution in [2.75, 3.05) is 13.7 Å². The SMILES string of the molecule is COc1ccc(-c2cc(COc3ccc(OCC(=O)O)c(C)c3)cc(-c3ccc(Oc4ccccc4)cc3)c2)cc1. The average Bonchev–Trinajstić information content (AvgIpc) is 3.00. The molecule has 0 unspecified atom stereocenters. The Labute approximate surface area is 239 Å². The van der Waals surface area contributed by atoms with Gasteiger partial charge in [-0.25, -0.2) is 4.79 Å². The lowest BCUT2D eigenvalue weighted by Crippen LogP contribution is -2.10. The van der Waals surface area contributed by atoms with Gasteiger partial charge in [0, 0.05) is 0 Å². The molecule has 5 aromatic carbocycles. The first-order valence-electron chi connectivity index (χ1n) is 13.2. The minimum absolute atomic E-state index is 0.348. The smallest absolute Gasteiger partial charge is 0.341 e. The number of ether oxygens (including phenoxy) is 4. The van der Waals surface area contributed by atoms with Crippen LogP contribution in [-0.2, 0) is 11.4 Å². The van der Waals surface area contributed by atoms with Crippen LogP contribution in [0.2, 0.25) is 0 Å². The lowest BCUT2D eigenvalue weighted by molar-refractivity contribution is -0.139. The minimum Gasteiger partial charge on any atom is -0.497 e. The van der Waals surface area contributed by atoms with Crippen molar-refractivity contribution < 1.29 is 28.8 Å². The Morgan fingerprint density at radius 1 is 0.634 bits per heavy atom. The molecule has 6 nitrogen and oxygen atoms in total. The summed E-state index contributed by atoms with van der Waals surface area (Å²) in [6.45, 7) is 1.82. The van der Waals surface area contributed by atoms with Gasteiger partial charge in [0.05, 0.1) is 7.11 Å². The molecule has 0 aromatic heterocycles. The van der Waals surface area contributed by atoms with Gasteiger partial charge in [-0.3, -0.25) is 0 Å². The zero-order valence-corrected chi connectivity index (χ0v) is 22.9. The molecule has 6 heteroatoms. The molecule has 0 saturated heterocycles. The molecule has 0 heterocycles. The van der Waals surface area contributed by atoms with Crippen molar-refractivity contribution in [3.05, 3.63) is 126 Å². The standard InChI is InChI=1S/C35H30O6/c1-24-18-33(16-17-34(24)40-23-35(36)37)39-22-25-19-28(26-8-12-30(38-2)13-9-26)21-29(20-25)27-10-14-32(15-11-27)41-31-6-4-3-5-7-31/h3-21H,22-23H2,1-2H3,(H,36,37). The normalized spacial score (nSPS) is 10.6.